The van der Waals surface area contributed by atoms with Gasteiger partial charge in [0, 0.05) is 0 Å². The molecule has 0 fully saturated rings. The second-order valence-corrected chi connectivity index (χ2v) is 7.06. The van der Waals surface area contributed by atoms with Gasteiger partial charge < -0.3 is 4.55 Å². The van der Waals surface area contributed by atoms with Crippen LogP contribution in [0.4, 0.5) is 57.1 Å². The van der Waals surface area contributed by atoms with Crippen LogP contribution in [0.5, 0.6) is 0 Å². The van der Waals surface area contributed by atoms with Crippen LogP contribution in [0.2, 0.25) is 0 Å². The summed E-state index contributed by atoms with van der Waals surface area (Å²) in [5, 5.41) is 0. The van der Waals surface area contributed by atoms with Crippen LogP contribution in [0.3, 0.4) is 0 Å². The first-order valence-corrected chi connectivity index (χ1v) is 8.71. The van der Waals surface area contributed by atoms with Crippen molar-refractivity contribution in [2.24, 2.45) is 0 Å². The van der Waals surface area contributed by atoms with Gasteiger partial charge in [0.2, 0.25) is 5.50 Å². The number of rotatable bonds is 12. The van der Waals surface area contributed by atoms with Crippen LogP contribution in [0.25, 0.3) is 0 Å². The van der Waals surface area contributed by atoms with E-state index in [1.807, 2.05) is 0 Å². The molecule has 0 N–H and O–H groups in total. The van der Waals surface area contributed by atoms with E-state index in [2.05, 4.69) is 0 Å². The summed E-state index contributed by atoms with van der Waals surface area (Å²) >= 11 is 0. The van der Waals surface area contributed by atoms with Gasteiger partial charge >= 0.3 is 18.9 Å². The van der Waals surface area contributed by atoms with E-state index in [9.17, 15) is 70.0 Å². The van der Waals surface area contributed by atoms with Gasteiger partial charge in [0.1, 0.15) is 10.1 Å². The average Bonchev–Trinajstić information content (AvgIpc) is 2.66. The molecule has 30 heavy (non-hydrogen) atoms. The van der Waals surface area contributed by atoms with E-state index in [0.29, 0.717) is 0 Å². The van der Waals surface area contributed by atoms with Crippen LogP contribution in [-0.4, -0.2) is 86.6 Å². The van der Waals surface area contributed by atoms with Crippen molar-refractivity contribution >= 4 is 10.1 Å². The molecule has 0 aliphatic rings. The molecule has 0 aliphatic carbocycles. The molecule has 0 bridgehead atoms. The molecule has 0 saturated carbocycles. The first-order chi connectivity index (χ1) is 13.0. The minimum Gasteiger partial charge on any atom is -0.746 e. The van der Waals surface area contributed by atoms with Gasteiger partial charge in [-0.2, -0.15) is 0 Å². The van der Waals surface area contributed by atoms with E-state index in [4.69, 9.17) is 0 Å². The Balaban J connectivity index is 0. The van der Waals surface area contributed by atoms with Crippen molar-refractivity contribution in [3.05, 3.63) is 0 Å². The summed E-state index contributed by atoms with van der Waals surface area (Å²) in [5.74, 6) is 0. The maximum Gasteiger partial charge on any atom is 1.00 e. The van der Waals surface area contributed by atoms with Gasteiger partial charge in [-0.1, -0.05) is 0 Å². The normalized spacial score (nSPS) is 23.8. The van der Waals surface area contributed by atoms with Gasteiger partial charge in [0.05, 0.1) is 0 Å². The third-order valence-electron chi connectivity index (χ3n) is 3.50. The zero-order valence-electron chi connectivity index (χ0n) is 14.5. The number of hydrogen-bond acceptors (Lipinski definition) is 3. The van der Waals surface area contributed by atoms with Crippen LogP contribution >= 0.6 is 0 Å². The summed E-state index contributed by atoms with van der Waals surface area (Å²) < 4.78 is 199. The average molecular weight is 490 g/mol. The van der Waals surface area contributed by atoms with Crippen LogP contribution in [0.15, 0.2) is 0 Å². The molecule has 0 aromatic heterocycles. The quantitative estimate of drug-likeness (QED) is 0.227. The fourth-order valence-corrected chi connectivity index (χ4v) is 2.32. The van der Waals surface area contributed by atoms with Crippen molar-refractivity contribution in [2.75, 3.05) is 0 Å². The molecule has 11 atom stereocenters. The first kappa shape index (κ1) is 31.8. The molecule has 0 spiro atoms. The minimum absolute atomic E-state index is 0. The fourth-order valence-electron chi connectivity index (χ4n) is 1.85. The van der Waals surface area contributed by atoms with Gasteiger partial charge in [0.15, 0.2) is 61.7 Å². The van der Waals surface area contributed by atoms with Gasteiger partial charge in [-0.05, 0) is 0 Å². The Morgan fingerprint density at radius 2 is 0.633 bits per heavy atom. The Labute approximate surface area is 173 Å². The van der Waals surface area contributed by atoms with Crippen LogP contribution < -0.4 is 18.9 Å². The summed E-state index contributed by atoms with van der Waals surface area (Å²) in [6, 6.07) is 0. The second-order valence-electron chi connectivity index (χ2n) is 5.62. The van der Waals surface area contributed by atoms with Crippen molar-refractivity contribution in [3.8, 4) is 0 Å². The third kappa shape index (κ3) is 7.94. The molecule has 0 aliphatic heterocycles. The van der Waals surface area contributed by atoms with Crippen LogP contribution in [0.1, 0.15) is 0 Å². The Bertz CT molecular complexity index is 602. The molecule has 11 unspecified atom stereocenters. The molecule has 0 radical (unpaired) electrons. The topological polar surface area (TPSA) is 57.2 Å². The molecule has 0 rings (SSSR count). The van der Waals surface area contributed by atoms with E-state index in [1.165, 1.54) is 0 Å². The Morgan fingerprint density at radius 3 is 0.833 bits per heavy atom. The van der Waals surface area contributed by atoms with Crippen molar-refractivity contribution in [2.45, 2.75) is 73.6 Å². The fraction of sp³-hybridized carbons (Fsp3) is 1.00. The molecule has 0 aromatic rings. The first-order valence-electron chi connectivity index (χ1n) is 7.24. The largest absolute Gasteiger partial charge is 1.00 e. The van der Waals surface area contributed by atoms with Crippen molar-refractivity contribution < 1.29 is 88.9 Å². The minimum atomic E-state index is -6.23. The molecular weight excluding hydrogens is 478 g/mol. The maximum absolute atomic E-state index is 13.4. The Hall–Kier alpha value is -0.403. The van der Waals surface area contributed by atoms with Crippen molar-refractivity contribution in [1.29, 1.82) is 0 Å². The second kappa shape index (κ2) is 12.6. The monoisotopic (exact) mass is 490 g/mol. The van der Waals surface area contributed by atoms with E-state index in [0.717, 1.165) is 0 Å². The number of halogens is 13. The number of alkyl halides is 13. The predicted molar refractivity (Wildman–Crippen MR) is 69.6 cm³/mol. The standard InChI is InChI=1S/C12H13F13O3S.Li/c13-1(3(15)5(17)7(19)9(21)11(23)24)2(14)4(16)6(18)8(20)10(22)12(25)29(26,27)28;/h1-12H,(H,26,27,28);/q;+1/p-1. The molecule has 18 heteroatoms. The molecule has 0 heterocycles. The summed E-state index contributed by atoms with van der Waals surface area (Å²) in [6.45, 7) is 0. The SMILES string of the molecule is O=S(=O)([O-])C(F)C(F)C(F)C(F)C(F)C(F)C(F)C(F)C(F)C(F)C(F)C(F)F.[Li+]. The van der Waals surface area contributed by atoms with E-state index in [1.54, 1.807) is 0 Å². The van der Waals surface area contributed by atoms with Gasteiger partial charge in [-0.3, -0.25) is 0 Å². The molecule has 0 saturated heterocycles. The van der Waals surface area contributed by atoms with Gasteiger partial charge in [-0.25, -0.2) is 65.5 Å². The third-order valence-corrected chi connectivity index (χ3v) is 4.32. The van der Waals surface area contributed by atoms with E-state index in [-0.39, 0.29) is 18.9 Å². The smallest absolute Gasteiger partial charge is 0.746 e. The van der Waals surface area contributed by atoms with Gasteiger partial charge in [-0.15, -0.1) is 0 Å². The molecule has 0 aromatic carbocycles. The number of hydrogen-bond donors (Lipinski definition) is 0. The summed E-state index contributed by atoms with van der Waals surface area (Å²) in [5.41, 5.74) is -4.30. The van der Waals surface area contributed by atoms with Crippen LogP contribution in [0, 0.1) is 0 Å². The molecule has 0 amide bonds. The summed E-state index contributed by atoms with van der Waals surface area (Å²) in [4.78, 5) is 0. The summed E-state index contributed by atoms with van der Waals surface area (Å²) in [7, 11) is -6.23. The van der Waals surface area contributed by atoms with Gasteiger partial charge in [0.25, 0.3) is 6.43 Å². The Kier molecular flexibility index (Phi) is 13.3. The van der Waals surface area contributed by atoms with E-state index < -0.39 is 83.8 Å². The zero-order valence-corrected chi connectivity index (χ0v) is 15.3. The molecule has 176 valence electrons. The Morgan fingerprint density at radius 1 is 0.433 bits per heavy atom. The van der Waals surface area contributed by atoms with E-state index >= 15 is 0 Å². The molecule has 3 nitrogen and oxygen atoms in total. The summed E-state index contributed by atoms with van der Waals surface area (Å²) in [6.07, 6.45) is -46.3. The maximum atomic E-state index is 13.4. The van der Waals surface area contributed by atoms with Crippen LogP contribution in [-0.2, 0) is 10.1 Å². The van der Waals surface area contributed by atoms with Crippen molar-refractivity contribution in [1.82, 2.24) is 0 Å². The zero-order chi connectivity index (χ0) is 23.4. The molecular formula is C12H12F13LiO3S. The van der Waals surface area contributed by atoms with Crippen molar-refractivity contribution in [3.63, 3.8) is 0 Å². The predicted octanol–water partition coefficient (Wildman–Crippen LogP) is 0.477.